The highest BCUT2D eigenvalue weighted by Crippen LogP contribution is 2.28. The Kier molecular flexibility index (Phi) is 6.42. The molecule has 0 aliphatic rings. The highest BCUT2D eigenvalue weighted by atomic mass is 32.2. The SMILES string of the molecule is COc1ccc(NC(=O)CNS(=O)(=O)c2ccc(OC)cc2OC)cc1. The number of rotatable bonds is 8. The first kappa shape index (κ1) is 19.5. The minimum absolute atomic E-state index is 0.0851. The molecule has 0 unspecified atom stereocenters. The Morgan fingerprint density at radius 3 is 2.12 bits per heavy atom. The van der Waals surface area contributed by atoms with E-state index in [-0.39, 0.29) is 10.6 Å². The quantitative estimate of drug-likeness (QED) is 0.722. The Balaban J connectivity index is 2.04. The van der Waals surface area contributed by atoms with E-state index in [1.165, 1.54) is 39.5 Å². The van der Waals surface area contributed by atoms with E-state index in [4.69, 9.17) is 14.2 Å². The van der Waals surface area contributed by atoms with E-state index < -0.39 is 22.5 Å². The van der Waals surface area contributed by atoms with Crippen molar-refractivity contribution in [3.63, 3.8) is 0 Å². The van der Waals surface area contributed by atoms with Crippen LogP contribution in [0.25, 0.3) is 0 Å². The number of ether oxygens (including phenoxy) is 3. The number of hydrogen-bond acceptors (Lipinski definition) is 6. The topological polar surface area (TPSA) is 103 Å². The van der Waals surface area contributed by atoms with Crippen molar-refractivity contribution in [2.45, 2.75) is 4.90 Å². The van der Waals surface area contributed by atoms with Crippen molar-refractivity contribution in [2.24, 2.45) is 0 Å². The van der Waals surface area contributed by atoms with Gasteiger partial charge in [-0.3, -0.25) is 4.79 Å². The van der Waals surface area contributed by atoms with E-state index in [0.29, 0.717) is 17.2 Å². The molecule has 0 fully saturated rings. The number of carbonyl (C=O) groups excluding carboxylic acids is 1. The summed E-state index contributed by atoms with van der Waals surface area (Å²) in [4.78, 5) is 11.9. The third-order valence-electron chi connectivity index (χ3n) is 3.46. The summed E-state index contributed by atoms with van der Waals surface area (Å²) in [5.41, 5.74) is 0.525. The molecule has 0 saturated heterocycles. The summed E-state index contributed by atoms with van der Waals surface area (Å²) in [5.74, 6) is 0.715. The standard InChI is InChI=1S/C17H20N2O6S/c1-23-13-6-4-12(5-7-13)19-17(20)11-18-26(21,22)16-9-8-14(24-2)10-15(16)25-3/h4-10,18H,11H2,1-3H3,(H,19,20). The predicted molar refractivity (Wildman–Crippen MR) is 96.4 cm³/mol. The summed E-state index contributed by atoms with van der Waals surface area (Å²) in [6.45, 7) is -0.427. The molecule has 0 atom stereocenters. The van der Waals surface area contributed by atoms with Crippen LogP contribution in [0.4, 0.5) is 5.69 Å². The fourth-order valence-electron chi connectivity index (χ4n) is 2.11. The molecule has 0 aliphatic heterocycles. The van der Waals surface area contributed by atoms with E-state index >= 15 is 0 Å². The molecule has 0 aromatic heterocycles. The molecule has 0 radical (unpaired) electrons. The van der Waals surface area contributed by atoms with E-state index in [0.717, 1.165) is 0 Å². The van der Waals surface area contributed by atoms with Crippen molar-refractivity contribution in [2.75, 3.05) is 33.2 Å². The lowest BCUT2D eigenvalue weighted by molar-refractivity contribution is -0.115. The maximum Gasteiger partial charge on any atom is 0.244 e. The zero-order valence-corrected chi connectivity index (χ0v) is 15.4. The number of amides is 1. The number of sulfonamides is 1. The van der Waals surface area contributed by atoms with Gasteiger partial charge in [0.05, 0.1) is 27.9 Å². The van der Waals surface area contributed by atoms with Gasteiger partial charge in [-0.15, -0.1) is 0 Å². The minimum Gasteiger partial charge on any atom is -0.497 e. The van der Waals surface area contributed by atoms with Crippen molar-refractivity contribution in [3.05, 3.63) is 42.5 Å². The van der Waals surface area contributed by atoms with Crippen LogP contribution in [-0.4, -0.2) is 42.2 Å². The number of carbonyl (C=O) groups is 1. The number of methoxy groups -OCH3 is 3. The smallest absolute Gasteiger partial charge is 0.244 e. The Hall–Kier alpha value is -2.78. The number of benzene rings is 2. The van der Waals surface area contributed by atoms with Gasteiger partial charge < -0.3 is 19.5 Å². The van der Waals surface area contributed by atoms with Crippen LogP contribution in [0.3, 0.4) is 0 Å². The molecule has 140 valence electrons. The average Bonchev–Trinajstić information content (AvgIpc) is 2.66. The van der Waals surface area contributed by atoms with E-state index in [2.05, 4.69) is 10.0 Å². The maximum atomic E-state index is 12.4. The van der Waals surface area contributed by atoms with Crippen molar-refractivity contribution < 1.29 is 27.4 Å². The third kappa shape index (κ3) is 4.87. The Labute approximate surface area is 152 Å². The average molecular weight is 380 g/mol. The van der Waals surface area contributed by atoms with Crippen LogP contribution < -0.4 is 24.2 Å². The lowest BCUT2D eigenvalue weighted by atomic mass is 10.3. The molecule has 2 N–H and O–H groups in total. The van der Waals surface area contributed by atoms with Crippen LogP contribution in [0.5, 0.6) is 17.2 Å². The molecule has 2 aromatic carbocycles. The second-order valence-electron chi connectivity index (χ2n) is 5.12. The molecule has 0 saturated carbocycles. The molecule has 26 heavy (non-hydrogen) atoms. The van der Waals surface area contributed by atoms with Gasteiger partial charge in [0.1, 0.15) is 22.1 Å². The highest BCUT2D eigenvalue weighted by Gasteiger charge is 2.21. The monoisotopic (exact) mass is 380 g/mol. The normalized spacial score (nSPS) is 10.9. The van der Waals surface area contributed by atoms with Crippen LogP contribution in [0.15, 0.2) is 47.4 Å². The van der Waals surface area contributed by atoms with Crippen LogP contribution in [0.2, 0.25) is 0 Å². The fourth-order valence-corrected chi connectivity index (χ4v) is 3.25. The van der Waals surface area contributed by atoms with Gasteiger partial charge in [0.25, 0.3) is 0 Å². The van der Waals surface area contributed by atoms with Crippen molar-refractivity contribution in [1.82, 2.24) is 4.72 Å². The molecule has 2 aromatic rings. The summed E-state index contributed by atoms with van der Waals surface area (Å²) < 4.78 is 42.2. The molecule has 8 nitrogen and oxygen atoms in total. The zero-order chi connectivity index (χ0) is 19.2. The van der Waals surface area contributed by atoms with Gasteiger partial charge in [0.15, 0.2) is 0 Å². The lowest BCUT2D eigenvalue weighted by Gasteiger charge is -2.12. The molecule has 0 heterocycles. The van der Waals surface area contributed by atoms with Gasteiger partial charge in [-0.25, -0.2) is 13.1 Å². The highest BCUT2D eigenvalue weighted by molar-refractivity contribution is 7.89. The predicted octanol–water partition coefficient (Wildman–Crippen LogP) is 1.63. The molecule has 2 rings (SSSR count). The second kappa shape index (κ2) is 8.54. The van der Waals surface area contributed by atoms with E-state index in [1.54, 1.807) is 24.3 Å². The third-order valence-corrected chi connectivity index (χ3v) is 4.90. The zero-order valence-electron chi connectivity index (χ0n) is 14.6. The van der Waals surface area contributed by atoms with Gasteiger partial charge in [-0.05, 0) is 36.4 Å². The first-order chi connectivity index (χ1) is 12.4. The fraction of sp³-hybridized carbons (Fsp3) is 0.235. The van der Waals surface area contributed by atoms with E-state index in [9.17, 15) is 13.2 Å². The van der Waals surface area contributed by atoms with Gasteiger partial charge in [-0.2, -0.15) is 0 Å². The van der Waals surface area contributed by atoms with Crippen molar-refractivity contribution >= 4 is 21.6 Å². The summed E-state index contributed by atoms with van der Waals surface area (Å²) >= 11 is 0. The Bertz CT molecular complexity index is 865. The summed E-state index contributed by atoms with van der Waals surface area (Å²) in [6.07, 6.45) is 0. The molecule has 0 spiro atoms. The van der Waals surface area contributed by atoms with Crippen LogP contribution in [-0.2, 0) is 14.8 Å². The largest absolute Gasteiger partial charge is 0.497 e. The lowest BCUT2D eigenvalue weighted by Crippen LogP contribution is -2.33. The summed E-state index contributed by atoms with van der Waals surface area (Å²) in [6, 6.07) is 11.0. The number of nitrogens with one attached hydrogen (secondary N) is 2. The second-order valence-corrected chi connectivity index (χ2v) is 6.85. The van der Waals surface area contributed by atoms with Crippen LogP contribution >= 0.6 is 0 Å². The Morgan fingerprint density at radius 1 is 0.923 bits per heavy atom. The molecular formula is C17H20N2O6S. The van der Waals surface area contributed by atoms with Crippen LogP contribution in [0.1, 0.15) is 0 Å². The number of hydrogen-bond donors (Lipinski definition) is 2. The Morgan fingerprint density at radius 2 is 1.54 bits per heavy atom. The molecular weight excluding hydrogens is 360 g/mol. The molecule has 1 amide bonds. The molecule has 0 aliphatic carbocycles. The number of anilines is 1. The molecule has 9 heteroatoms. The van der Waals surface area contributed by atoms with Crippen molar-refractivity contribution in [3.8, 4) is 17.2 Å². The summed E-state index contributed by atoms with van der Waals surface area (Å²) in [7, 11) is 0.414. The first-order valence-electron chi connectivity index (χ1n) is 7.55. The molecule has 0 bridgehead atoms. The van der Waals surface area contributed by atoms with Gasteiger partial charge in [0.2, 0.25) is 15.9 Å². The van der Waals surface area contributed by atoms with Gasteiger partial charge in [0, 0.05) is 11.8 Å². The van der Waals surface area contributed by atoms with Gasteiger partial charge >= 0.3 is 0 Å². The van der Waals surface area contributed by atoms with Gasteiger partial charge in [-0.1, -0.05) is 0 Å². The minimum atomic E-state index is -3.94. The maximum absolute atomic E-state index is 12.4. The van der Waals surface area contributed by atoms with E-state index in [1.807, 2.05) is 0 Å². The summed E-state index contributed by atoms with van der Waals surface area (Å²) in [5, 5.41) is 2.59. The first-order valence-corrected chi connectivity index (χ1v) is 9.03. The van der Waals surface area contributed by atoms with Crippen molar-refractivity contribution in [1.29, 1.82) is 0 Å². The van der Waals surface area contributed by atoms with Crippen LogP contribution in [0, 0.1) is 0 Å².